The molecule has 152 valence electrons. The van der Waals surface area contributed by atoms with Gasteiger partial charge in [-0.05, 0) is 39.0 Å². The fourth-order valence-corrected chi connectivity index (χ4v) is 4.78. The molecule has 27 heavy (non-hydrogen) atoms. The number of hydrogen-bond donors (Lipinski definition) is 2. The number of hydrogen-bond acceptors (Lipinski definition) is 3. The first kappa shape index (κ1) is 20.2. The van der Waals surface area contributed by atoms with E-state index in [0.29, 0.717) is 30.0 Å². The molecule has 1 spiro atoms. The first-order chi connectivity index (χ1) is 13.1. The number of imidazole rings is 1. The van der Waals surface area contributed by atoms with Gasteiger partial charge in [0.1, 0.15) is 12.4 Å². The lowest BCUT2D eigenvalue weighted by Crippen LogP contribution is -2.65. The lowest BCUT2D eigenvalue weighted by atomic mass is 9.60. The average Bonchev–Trinajstić information content (AvgIpc) is 3.29. The molecule has 1 aromatic rings. The number of nitrogens with one attached hydrogen (secondary N) is 2. The number of aliphatic imine (C=N–C) groups is 1. The Balaban J connectivity index is 1.65. The number of ether oxygens (including phenoxy) is 1. The molecule has 2 saturated carbocycles. The van der Waals surface area contributed by atoms with E-state index in [4.69, 9.17) is 9.73 Å². The minimum absolute atomic E-state index is 0.308. The zero-order valence-corrected chi connectivity index (χ0v) is 17.5. The molecule has 2 N–H and O–H groups in total. The van der Waals surface area contributed by atoms with E-state index in [0.717, 1.165) is 37.9 Å². The van der Waals surface area contributed by atoms with Crippen LogP contribution in [0.3, 0.4) is 0 Å². The molecule has 0 bridgehead atoms. The molecule has 2 fully saturated rings. The summed E-state index contributed by atoms with van der Waals surface area (Å²) in [5.74, 6) is 2.53. The van der Waals surface area contributed by atoms with Gasteiger partial charge >= 0.3 is 0 Å². The van der Waals surface area contributed by atoms with E-state index in [9.17, 15) is 0 Å². The highest BCUT2D eigenvalue weighted by molar-refractivity contribution is 5.80. The van der Waals surface area contributed by atoms with Crippen molar-refractivity contribution in [3.8, 4) is 0 Å². The Hall–Kier alpha value is -1.56. The van der Waals surface area contributed by atoms with Gasteiger partial charge in [0, 0.05) is 43.5 Å². The molecule has 2 unspecified atom stereocenters. The Morgan fingerprint density at radius 1 is 1.37 bits per heavy atom. The second-order valence-electron chi connectivity index (χ2n) is 8.40. The van der Waals surface area contributed by atoms with Crippen LogP contribution in [0.1, 0.15) is 65.6 Å². The second-order valence-corrected chi connectivity index (χ2v) is 8.40. The van der Waals surface area contributed by atoms with Gasteiger partial charge in [-0.2, -0.15) is 0 Å². The molecule has 0 saturated heterocycles. The zero-order valence-electron chi connectivity index (χ0n) is 17.5. The van der Waals surface area contributed by atoms with E-state index >= 15 is 0 Å². The van der Waals surface area contributed by atoms with Crippen LogP contribution in [0.5, 0.6) is 0 Å². The van der Waals surface area contributed by atoms with Gasteiger partial charge in [0.25, 0.3) is 0 Å². The molecule has 6 heteroatoms. The van der Waals surface area contributed by atoms with Crippen molar-refractivity contribution in [3.63, 3.8) is 0 Å². The fraction of sp³-hybridized carbons (Fsp3) is 0.810. The van der Waals surface area contributed by atoms with Crippen LogP contribution >= 0.6 is 0 Å². The van der Waals surface area contributed by atoms with Gasteiger partial charge < -0.3 is 19.9 Å². The molecule has 0 amide bonds. The predicted octanol–water partition coefficient (Wildman–Crippen LogP) is 3.33. The molecule has 1 aromatic heterocycles. The molecule has 6 nitrogen and oxygen atoms in total. The van der Waals surface area contributed by atoms with Crippen LogP contribution in [0.2, 0.25) is 0 Å². The smallest absolute Gasteiger partial charge is 0.191 e. The van der Waals surface area contributed by atoms with Gasteiger partial charge in [-0.1, -0.05) is 26.7 Å². The summed E-state index contributed by atoms with van der Waals surface area (Å²) >= 11 is 0. The summed E-state index contributed by atoms with van der Waals surface area (Å²) < 4.78 is 8.26. The predicted molar refractivity (Wildman–Crippen MR) is 110 cm³/mol. The van der Waals surface area contributed by atoms with Crippen molar-refractivity contribution < 1.29 is 4.74 Å². The maximum atomic E-state index is 6.05. The highest BCUT2D eigenvalue weighted by Gasteiger charge is 2.56. The van der Waals surface area contributed by atoms with Crippen LogP contribution in [0.15, 0.2) is 17.4 Å². The highest BCUT2D eigenvalue weighted by Crippen LogP contribution is 2.54. The number of guanidine groups is 1. The monoisotopic (exact) mass is 375 g/mol. The third-order valence-electron chi connectivity index (χ3n) is 6.08. The standard InChI is InChI=1S/C21H37N5O/c1-5-22-20(24-14-19-23-11-12-26(19)15-16(3)4)25-17-13-18(27-6-2)21(17)9-7-8-10-21/h11-12,16-18H,5-10,13-15H2,1-4H3,(H2,22,24,25). The molecule has 2 aliphatic rings. The lowest BCUT2D eigenvalue weighted by molar-refractivity contribution is -0.125. The third-order valence-corrected chi connectivity index (χ3v) is 6.08. The summed E-state index contributed by atoms with van der Waals surface area (Å²) in [5, 5.41) is 7.14. The minimum atomic E-state index is 0.308. The summed E-state index contributed by atoms with van der Waals surface area (Å²) in [6, 6.07) is 0.463. The maximum Gasteiger partial charge on any atom is 0.191 e. The molecule has 2 aliphatic carbocycles. The molecular weight excluding hydrogens is 338 g/mol. The largest absolute Gasteiger partial charge is 0.378 e. The molecule has 1 heterocycles. The molecule has 0 aliphatic heterocycles. The minimum Gasteiger partial charge on any atom is -0.378 e. The number of rotatable bonds is 8. The van der Waals surface area contributed by atoms with Gasteiger partial charge in [0.15, 0.2) is 5.96 Å². The maximum absolute atomic E-state index is 6.05. The van der Waals surface area contributed by atoms with Crippen molar-refractivity contribution in [2.24, 2.45) is 16.3 Å². The zero-order chi connectivity index (χ0) is 19.3. The van der Waals surface area contributed by atoms with Gasteiger partial charge in [0.05, 0.1) is 6.10 Å². The van der Waals surface area contributed by atoms with E-state index < -0.39 is 0 Å². The van der Waals surface area contributed by atoms with Crippen molar-refractivity contribution in [2.75, 3.05) is 13.2 Å². The summed E-state index contributed by atoms with van der Waals surface area (Å²) in [4.78, 5) is 9.34. The van der Waals surface area contributed by atoms with Crippen LogP contribution in [0.4, 0.5) is 0 Å². The fourth-order valence-electron chi connectivity index (χ4n) is 4.78. The van der Waals surface area contributed by atoms with E-state index in [1.54, 1.807) is 0 Å². The quantitative estimate of drug-likeness (QED) is 0.540. The molecule has 3 rings (SSSR count). The molecular formula is C21H37N5O. The number of aromatic nitrogens is 2. The third kappa shape index (κ3) is 4.48. The van der Waals surface area contributed by atoms with Gasteiger partial charge in [-0.3, -0.25) is 0 Å². The first-order valence-corrected chi connectivity index (χ1v) is 10.8. The van der Waals surface area contributed by atoms with Crippen LogP contribution in [0, 0.1) is 11.3 Å². The van der Waals surface area contributed by atoms with E-state index in [1.165, 1.54) is 25.7 Å². The first-order valence-electron chi connectivity index (χ1n) is 10.8. The van der Waals surface area contributed by atoms with Crippen molar-refractivity contribution in [1.29, 1.82) is 0 Å². The number of nitrogens with zero attached hydrogens (tertiary/aromatic N) is 3. The summed E-state index contributed by atoms with van der Waals surface area (Å²) in [6.07, 6.45) is 10.6. The molecule has 0 radical (unpaired) electrons. The van der Waals surface area contributed by atoms with Crippen LogP contribution in [0.25, 0.3) is 0 Å². The van der Waals surface area contributed by atoms with Crippen LogP contribution in [-0.2, 0) is 17.8 Å². The van der Waals surface area contributed by atoms with Crippen LogP contribution < -0.4 is 10.6 Å². The van der Waals surface area contributed by atoms with Gasteiger partial charge in [-0.25, -0.2) is 9.98 Å². The molecule has 0 aromatic carbocycles. The average molecular weight is 376 g/mol. The van der Waals surface area contributed by atoms with Gasteiger partial charge in [-0.15, -0.1) is 0 Å². The van der Waals surface area contributed by atoms with E-state index in [2.05, 4.69) is 54.1 Å². The summed E-state index contributed by atoms with van der Waals surface area (Å²) in [6.45, 7) is 11.9. The van der Waals surface area contributed by atoms with Crippen LogP contribution in [-0.4, -0.2) is 40.8 Å². The topological polar surface area (TPSA) is 63.5 Å². The summed E-state index contributed by atoms with van der Waals surface area (Å²) in [5.41, 5.74) is 0.308. The second kappa shape index (κ2) is 9.09. The van der Waals surface area contributed by atoms with E-state index in [1.807, 2.05) is 6.20 Å². The van der Waals surface area contributed by atoms with Crippen molar-refractivity contribution in [1.82, 2.24) is 20.2 Å². The Bertz CT molecular complexity index is 618. The Kier molecular flexibility index (Phi) is 6.79. The SMILES string of the molecule is CCNC(=NCc1nccn1CC(C)C)NC1CC(OCC)C12CCCC2. The molecule has 2 atom stereocenters. The normalized spacial score (nSPS) is 24.4. The highest BCUT2D eigenvalue weighted by atomic mass is 16.5. The Morgan fingerprint density at radius 2 is 2.15 bits per heavy atom. The Labute approximate surface area is 164 Å². The Morgan fingerprint density at radius 3 is 2.81 bits per heavy atom. The van der Waals surface area contributed by atoms with Crippen molar-refractivity contribution in [2.45, 2.75) is 85.0 Å². The van der Waals surface area contributed by atoms with Gasteiger partial charge in [0.2, 0.25) is 0 Å². The summed E-state index contributed by atoms with van der Waals surface area (Å²) in [7, 11) is 0. The van der Waals surface area contributed by atoms with Crippen molar-refractivity contribution in [3.05, 3.63) is 18.2 Å². The van der Waals surface area contributed by atoms with E-state index in [-0.39, 0.29) is 0 Å². The lowest BCUT2D eigenvalue weighted by Gasteiger charge is -2.54. The van der Waals surface area contributed by atoms with Crippen molar-refractivity contribution >= 4 is 5.96 Å².